The van der Waals surface area contributed by atoms with E-state index in [0.29, 0.717) is 24.3 Å². The van der Waals surface area contributed by atoms with Gasteiger partial charge in [0.25, 0.3) is 5.69 Å². The van der Waals surface area contributed by atoms with Crippen LogP contribution in [0.4, 0.5) is 5.69 Å². The molecule has 2 saturated carbocycles. The van der Waals surface area contributed by atoms with E-state index in [9.17, 15) is 34.4 Å². The molecular weight excluding hydrogens is 570 g/mol. The molecule has 0 spiro atoms. The van der Waals surface area contributed by atoms with Gasteiger partial charge in [-0.25, -0.2) is 9.59 Å². The van der Waals surface area contributed by atoms with Crippen molar-refractivity contribution in [1.29, 1.82) is 0 Å². The lowest BCUT2D eigenvalue weighted by Gasteiger charge is -2.38. The van der Waals surface area contributed by atoms with E-state index in [-0.39, 0.29) is 45.9 Å². The van der Waals surface area contributed by atoms with Gasteiger partial charge in [-0.3, -0.25) is 19.7 Å². The molecule has 2 aromatic rings. The molecule has 1 unspecified atom stereocenters. The third kappa shape index (κ3) is 6.61. The number of carbonyl (C=O) groups is 4. The van der Waals surface area contributed by atoms with E-state index < -0.39 is 41.3 Å². The largest absolute Gasteiger partial charge is 0.478 e. The van der Waals surface area contributed by atoms with Crippen molar-refractivity contribution < 1.29 is 43.4 Å². The molecule has 236 valence electrons. The second-order valence-electron chi connectivity index (χ2n) is 12.4. The summed E-state index contributed by atoms with van der Waals surface area (Å²) in [5.74, 6) is -3.45. The third-order valence-electron chi connectivity index (χ3n) is 9.75. The molecule has 0 aliphatic heterocycles. The maximum absolute atomic E-state index is 13.3. The average Bonchev–Trinajstić information content (AvgIpc) is 3.31. The molecule has 2 bridgehead atoms. The summed E-state index contributed by atoms with van der Waals surface area (Å²) in [7, 11) is 0. The zero-order chi connectivity index (χ0) is 32.2. The smallest absolute Gasteiger partial charge is 0.342 e. The highest BCUT2D eigenvalue weighted by Crippen LogP contribution is 2.66. The first-order valence-corrected chi connectivity index (χ1v) is 15.0. The standard InChI is InChI=1S/C33H39NO10/c1-5-6-11-25(22-9-7-8-10-23(22)30(37)38)42-28(35)14-15-29(36)43-26-19-21(34(40)41)12-13-24(26)31(39)44-27-18-20-16-17-33(27,4)32(20,2)3/h7-10,12-13,19-20,25,27H,5-6,11,14-18H2,1-4H3,(H,37,38)/t20-,25?,27+,33+/m1/s1. The van der Waals surface area contributed by atoms with Crippen LogP contribution in [-0.2, 0) is 19.1 Å². The first-order valence-electron chi connectivity index (χ1n) is 15.0. The van der Waals surface area contributed by atoms with Gasteiger partial charge in [0.05, 0.1) is 29.4 Å². The van der Waals surface area contributed by atoms with Crippen LogP contribution in [-0.4, -0.2) is 40.0 Å². The number of nitro benzene ring substituents is 1. The molecule has 4 rings (SSSR count). The fraction of sp³-hybridized carbons (Fsp3) is 0.515. The SMILES string of the molecule is CCCCC(OC(=O)CCC(=O)Oc1cc([N+](=O)[O-])ccc1C(=O)O[C@H]1C[C@H]2CC[C@]1(C)C2(C)C)c1ccccc1C(=O)O. The van der Waals surface area contributed by atoms with Crippen LogP contribution >= 0.6 is 0 Å². The quantitative estimate of drug-likeness (QED) is 0.110. The summed E-state index contributed by atoms with van der Waals surface area (Å²) in [6, 6.07) is 9.60. The number of aromatic carboxylic acids is 1. The zero-order valence-electron chi connectivity index (χ0n) is 25.5. The van der Waals surface area contributed by atoms with E-state index in [1.807, 2.05) is 6.92 Å². The summed E-state index contributed by atoms with van der Waals surface area (Å²) in [4.78, 5) is 61.3. The number of nitro groups is 1. The number of non-ortho nitro benzene ring substituents is 1. The molecule has 11 nitrogen and oxygen atoms in total. The monoisotopic (exact) mass is 609 g/mol. The Morgan fingerprint density at radius 1 is 1.05 bits per heavy atom. The van der Waals surface area contributed by atoms with Crippen molar-refractivity contribution in [3.8, 4) is 5.75 Å². The number of carboxylic acid groups (broad SMARTS) is 1. The van der Waals surface area contributed by atoms with Gasteiger partial charge in [0, 0.05) is 17.0 Å². The van der Waals surface area contributed by atoms with Crippen molar-refractivity contribution in [3.05, 3.63) is 69.3 Å². The second kappa shape index (κ2) is 13.2. The van der Waals surface area contributed by atoms with Gasteiger partial charge in [0.15, 0.2) is 5.75 Å². The number of rotatable bonds is 13. The number of esters is 3. The summed E-state index contributed by atoms with van der Waals surface area (Å²) in [6.45, 7) is 8.43. The highest BCUT2D eigenvalue weighted by atomic mass is 16.6. The number of nitrogens with zero attached hydrogens (tertiary/aromatic N) is 1. The van der Waals surface area contributed by atoms with Crippen molar-refractivity contribution >= 4 is 29.6 Å². The van der Waals surface area contributed by atoms with Gasteiger partial charge in [-0.1, -0.05) is 52.3 Å². The molecule has 2 aliphatic carbocycles. The van der Waals surface area contributed by atoms with Gasteiger partial charge in [-0.2, -0.15) is 0 Å². The topological polar surface area (TPSA) is 159 Å². The molecule has 0 radical (unpaired) electrons. The number of hydrogen-bond donors (Lipinski definition) is 1. The molecule has 1 N–H and O–H groups in total. The van der Waals surface area contributed by atoms with Crippen LogP contribution in [0.15, 0.2) is 42.5 Å². The molecule has 4 atom stereocenters. The van der Waals surface area contributed by atoms with Crippen molar-refractivity contribution in [1.82, 2.24) is 0 Å². The van der Waals surface area contributed by atoms with E-state index in [1.54, 1.807) is 18.2 Å². The van der Waals surface area contributed by atoms with Crippen LogP contribution in [0.3, 0.4) is 0 Å². The maximum Gasteiger partial charge on any atom is 0.342 e. The van der Waals surface area contributed by atoms with E-state index in [1.165, 1.54) is 12.1 Å². The molecule has 0 amide bonds. The van der Waals surface area contributed by atoms with Crippen LogP contribution in [0.1, 0.15) is 111 Å². The number of carbonyl (C=O) groups excluding carboxylic acids is 3. The van der Waals surface area contributed by atoms with Gasteiger partial charge < -0.3 is 19.3 Å². The Balaban J connectivity index is 1.43. The van der Waals surface area contributed by atoms with Gasteiger partial charge in [-0.05, 0) is 55.6 Å². The number of hydrogen-bond acceptors (Lipinski definition) is 9. The highest BCUT2D eigenvalue weighted by Gasteiger charge is 2.63. The second-order valence-corrected chi connectivity index (χ2v) is 12.4. The fourth-order valence-electron chi connectivity index (χ4n) is 6.61. The van der Waals surface area contributed by atoms with E-state index in [2.05, 4.69) is 20.8 Å². The number of unbranched alkanes of at least 4 members (excludes halogenated alkanes) is 1. The lowest BCUT2D eigenvalue weighted by atomic mass is 9.70. The highest BCUT2D eigenvalue weighted by molar-refractivity contribution is 5.94. The maximum atomic E-state index is 13.3. The average molecular weight is 610 g/mol. The minimum atomic E-state index is -1.15. The molecular formula is C33H39NO10. The first kappa shape index (κ1) is 32.6. The number of carboxylic acids is 1. The van der Waals surface area contributed by atoms with Gasteiger partial charge in [-0.15, -0.1) is 0 Å². The Labute approximate surface area is 256 Å². The first-order chi connectivity index (χ1) is 20.8. The van der Waals surface area contributed by atoms with Gasteiger partial charge in [0.1, 0.15) is 17.8 Å². The minimum absolute atomic E-state index is 0.0113. The van der Waals surface area contributed by atoms with Crippen LogP contribution in [0.5, 0.6) is 5.75 Å². The van der Waals surface area contributed by atoms with E-state index in [4.69, 9.17) is 14.2 Å². The Kier molecular flexibility index (Phi) is 9.75. The summed E-state index contributed by atoms with van der Waals surface area (Å²) in [5, 5.41) is 21.0. The Morgan fingerprint density at radius 3 is 2.36 bits per heavy atom. The van der Waals surface area contributed by atoms with E-state index in [0.717, 1.165) is 37.8 Å². The Hall–Kier alpha value is -4.28. The summed E-state index contributed by atoms with van der Waals surface area (Å²) in [6.07, 6.45) is 2.58. The lowest BCUT2D eigenvalue weighted by Crippen LogP contribution is -2.38. The normalized spacial score (nSPS) is 22.2. The van der Waals surface area contributed by atoms with Crippen LogP contribution in [0, 0.1) is 26.9 Å². The van der Waals surface area contributed by atoms with Gasteiger partial charge in [0.2, 0.25) is 0 Å². The predicted octanol–water partition coefficient (Wildman–Crippen LogP) is 6.82. The molecule has 11 heteroatoms. The number of ether oxygens (including phenoxy) is 3. The minimum Gasteiger partial charge on any atom is -0.478 e. The molecule has 0 aromatic heterocycles. The summed E-state index contributed by atoms with van der Waals surface area (Å²) in [5.41, 5.74) is -0.354. The Morgan fingerprint density at radius 2 is 1.75 bits per heavy atom. The third-order valence-corrected chi connectivity index (χ3v) is 9.75. The number of benzene rings is 2. The number of fused-ring (bicyclic) bond motifs is 2. The molecule has 2 aliphatic rings. The van der Waals surface area contributed by atoms with Crippen LogP contribution < -0.4 is 4.74 Å². The molecule has 0 heterocycles. The van der Waals surface area contributed by atoms with Crippen molar-refractivity contribution in [3.63, 3.8) is 0 Å². The fourth-order valence-corrected chi connectivity index (χ4v) is 6.61. The van der Waals surface area contributed by atoms with Gasteiger partial charge >= 0.3 is 23.9 Å². The molecule has 2 fully saturated rings. The lowest BCUT2D eigenvalue weighted by molar-refractivity contribution is -0.384. The van der Waals surface area contributed by atoms with Crippen molar-refractivity contribution in [2.24, 2.45) is 16.7 Å². The van der Waals surface area contributed by atoms with Crippen LogP contribution in [0.25, 0.3) is 0 Å². The predicted molar refractivity (Wildman–Crippen MR) is 158 cm³/mol. The Bertz CT molecular complexity index is 1450. The zero-order valence-corrected chi connectivity index (χ0v) is 25.5. The van der Waals surface area contributed by atoms with Crippen LogP contribution in [0.2, 0.25) is 0 Å². The molecule has 0 saturated heterocycles. The van der Waals surface area contributed by atoms with Crippen molar-refractivity contribution in [2.75, 3.05) is 0 Å². The summed E-state index contributed by atoms with van der Waals surface area (Å²) >= 11 is 0. The van der Waals surface area contributed by atoms with E-state index >= 15 is 0 Å². The van der Waals surface area contributed by atoms with Crippen molar-refractivity contribution in [2.45, 2.75) is 91.3 Å². The molecule has 44 heavy (non-hydrogen) atoms. The summed E-state index contributed by atoms with van der Waals surface area (Å²) < 4.78 is 16.9. The molecule has 2 aromatic carbocycles.